The van der Waals surface area contributed by atoms with E-state index in [1.54, 1.807) is 6.20 Å². The van der Waals surface area contributed by atoms with Gasteiger partial charge in [-0.3, -0.25) is 0 Å². The third-order valence-electron chi connectivity index (χ3n) is 2.57. The number of aryl methyl sites for hydroxylation is 1. The number of halogens is 1. The van der Waals surface area contributed by atoms with Crippen molar-refractivity contribution in [1.82, 2.24) is 9.71 Å². The van der Waals surface area contributed by atoms with Crippen LogP contribution < -0.4 is 4.72 Å². The highest BCUT2D eigenvalue weighted by Gasteiger charge is 2.19. The van der Waals surface area contributed by atoms with E-state index in [4.69, 9.17) is 5.11 Å². The van der Waals surface area contributed by atoms with Crippen molar-refractivity contribution in [3.05, 3.63) is 45.7 Å². The summed E-state index contributed by atoms with van der Waals surface area (Å²) in [7, 11) is -3.90. The fourth-order valence-corrected chi connectivity index (χ4v) is 3.67. The first-order chi connectivity index (χ1) is 9.42. The zero-order valence-electron chi connectivity index (χ0n) is 10.6. The minimum Gasteiger partial charge on any atom is -0.392 e. The second-order valence-corrected chi connectivity index (χ2v) is 7.15. The van der Waals surface area contributed by atoms with Gasteiger partial charge in [0.1, 0.15) is 10.8 Å². The molecular formula is C12H13FN2O3S2. The number of aliphatic hydroxyl groups is 1. The van der Waals surface area contributed by atoms with Crippen LogP contribution in [0.1, 0.15) is 15.4 Å². The Morgan fingerprint density at radius 3 is 2.80 bits per heavy atom. The molecule has 0 unspecified atom stereocenters. The molecule has 2 rings (SSSR count). The summed E-state index contributed by atoms with van der Waals surface area (Å²) in [5.74, 6) is -0.673. The van der Waals surface area contributed by atoms with Gasteiger partial charge in [-0.15, -0.1) is 11.3 Å². The van der Waals surface area contributed by atoms with Crippen molar-refractivity contribution in [2.24, 2.45) is 0 Å². The number of hydrogen-bond acceptors (Lipinski definition) is 5. The minimum atomic E-state index is -3.90. The van der Waals surface area contributed by atoms with E-state index in [0.29, 0.717) is 5.01 Å². The maximum atomic E-state index is 13.2. The molecule has 0 radical (unpaired) electrons. The number of thiazole rings is 1. The second kappa shape index (κ2) is 5.96. The molecule has 0 bridgehead atoms. The Balaban J connectivity index is 2.24. The third-order valence-corrected chi connectivity index (χ3v) is 4.97. The van der Waals surface area contributed by atoms with Crippen LogP contribution in [0.3, 0.4) is 0 Å². The number of sulfonamides is 1. The fraction of sp³-hybridized carbons (Fsp3) is 0.250. The van der Waals surface area contributed by atoms with Crippen LogP contribution in [0.15, 0.2) is 29.3 Å². The fourth-order valence-electron chi connectivity index (χ4n) is 1.63. The van der Waals surface area contributed by atoms with Crippen LogP contribution in [-0.4, -0.2) is 18.5 Å². The van der Waals surface area contributed by atoms with Gasteiger partial charge in [-0.2, -0.15) is 0 Å². The summed E-state index contributed by atoms with van der Waals surface area (Å²) in [5.41, 5.74) is 0.147. The molecule has 0 aliphatic rings. The monoisotopic (exact) mass is 316 g/mol. The molecule has 1 aromatic carbocycles. The first-order valence-electron chi connectivity index (χ1n) is 5.72. The van der Waals surface area contributed by atoms with Gasteiger partial charge in [0.2, 0.25) is 10.0 Å². The summed E-state index contributed by atoms with van der Waals surface area (Å²) in [6.07, 6.45) is 1.65. The third kappa shape index (κ3) is 3.40. The van der Waals surface area contributed by atoms with Crippen molar-refractivity contribution in [3.63, 3.8) is 0 Å². The number of rotatable bonds is 5. The van der Waals surface area contributed by atoms with E-state index >= 15 is 0 Å². The summed E-state index contributed by atoms with van der Waals surface area (Å²) < 4.78 is 39.8. The van der Waals surface area contributed by atoms with E-state index in [1.807, 2.05) is 6.92 Å². The zero-order chi connectivity index (χ0) is 14.8. The molecule has 1 aromatic heterocycles. The molecule has 5 nitrogen and oxygen atoms in total. The van der Waals surface area contributed by atoms with Gasteiger partial charge in [-0.25, -0.2) is 22.5 Å². The molecular weight excluding hydrogens is 303 g/mol. The van der Waals surface area contributed by atoms with Crippen LogP contribution in [0, 0.1) is 12.7 Å². The lowest BCUT2D eigenvalue weighted by atomic mass is 10.2. The average Bonchev–Trinajstić information content (AvgIpc) is 2.82. The lowest BCUT2D eigenvalue weighted by Gasteiger charge is -2.09. The normalized spacial score (nSPS) is 11.8. The molecule has 8 heteroatoms. The molecule has 0 aliphatic heterocycles. The van der Waals surface area contributed by atoms with Gasteiger partial charge in [0.15, 0.2) is 0 Å². The Bertz CT molecular complexity index is 713. The molecule has 0 aliphatic carbocycles. The van der Waals surface area contributed by atoms with E-state index in [2.05, 4.69) is 9.71 Å². The van der Waals surface area contributed by atoms with Crippen LogP contribution in [-0.2, 0) is 23.2 Å². The standard InChI is InChI=1S/C12H13FN2O3S2/c1-8-5-14-12(19-8)6-15-20(17,18)11-4-10(13)3-2-9(11)7-16/h2-5,15-16H,6-7H2,1H3. The number of hydrogen-bond donors (Lipinski definition) is 2. The Hall–Kier alpha value is -1.35. The van der Waals surface area contributed by atoms with E-state index in [0.717, 1.165) is 17.0 Å². The number of aromatic nitrogens is 1. The topological polar surface area (TPSA) is 79.3 Å². The smallest absolute Gasteiger partial charge is 0.241 e. The molecule has 0 spiro atoms. The van der Waals surface area contributed by atoms with Crippen molar-refractivity contribution in [2.75, 3.05) is 0 Å². The van der Waals surface area contributed by atoms with Crippen LogP contribution in [0.5, 0.6) is 0 Å². The molecule has 0 saturated heterocycles. The van der Waals surface area contributed by atoms with E-state index in [-0.39, 0.29) is 17.0 Å². The van der Waals surface area contributed by atoms with E-state index in [1.165, 1.54) is 17.4 Å². The van der Waals surface area contributed by atoms with E-state index < -0.39 is 22.4 Å². The molecule has 0 atom stereocenters. The quantitative estimate of drug-likeness (QED) is 0.877. The van der Waals surface area contributed by atoms with Crippen LogP contribution in [0.4, 0.5) is 4.39 Å². The highest BCUT2D eigenvalue weighted by Crippen LogP contribution is 2.18. The minimum absolute atomic E-state index is 0.0300. The SMILES string of the molecule is Cc1cnc(CNS(=O)(=O)c2cc(F)ccc2CO)s1. The van der Waals surface area contributed by atoms with Crippen molar-refractivity contribution < 1.29 is 17.9 Å². The molecule has 0 fully saturated rings. The molecule has 0 amide bonds. The summed E-state index contributed by atoms with van der Waals surface area (Å²) in [5, 5.41) is 9.75. The molecule has 0 saturated carbocycles. The lowest BCUT2D eigenvalue weighted by Crippen LogP contribution is -2.24. The molecule has 108 valence electrons. The Kier molecular flexibility index (Phi) is 4.48. The lowest BCUT2D eigenvalue weighted by molar-refractivity contribution is 0.278. The Morgan fingerprint density at radius 1 is 1.45 bits per heavy atom. The van der Waals surface area contributed by atoms with Gasteiger partial charge in [0.05, 0.1) is 18.0 Å². The number of nitrogens with one attached hydrogen (secondary N) is 1. The van der Waals surface area contributed by atoms with Gasteiger partial charge >= 0.3 is 0 Å². The summed E-state index contributed by atoms with van der Waals surface area (Å²) in [6, 6.07) is 3.24. The van der Waals surface area contributed by atoms with Crippen LogP contribution in [0.2, 0.25) is 0 Å². The second-order valence-electron chi connectivity index (χ2n) is 4.10. The predicted molar refractivity (Wildman–Crippen MR) is 73.2 cm³/mol. The number of nitrogens with zero attached hydrogens (tertiary/aromatic N) is 1. The Labute approximate surface area is 120 Å². The molecule has 1 heterocycles. The summed E-state index contributed by atoms with van der Waals surface area (Å²) >= 11 is 1.38. The van der Waals surface area contributed by atoms with Crippen LogP contribution in [0.25, 0.3) is 0 Å². The van der Waals surface area contributed by atoms with Gasteiger partial charge < -0.3 is 5.11 Å². The van der Waals surface area contributed by atoms with Crippen molar-refractivity contribution in [2.45, 2.75) is 25.0 Å². The molecule has 20 heavy (non-hydrogen) atoms. The van der Waals surface area contributed by atoms with Gasteiger partial charge in [-0.05, 0) is 24.6 Å². The van der Waals surface area contributed by atoms with E-state index in [9.17, 15) is 12.8 Å². The van der Waals surface area contributed by atoms with Crippen LogP contribution >= 0.6 is 11.3 Å². The van der Waals surface area contributed by atoms with Gasteiger partial charge in [-0.1, -0.05) is 6.07 Å². The van der Waals surface area contributed by atoms with Gasteiger partial charge in [0.25, 0.3) is 0 Å². The predicted octanol–water partition coefficient (Wildman–Crippen LogP) is 1.56. The van der Waals surface area contributed by atoms with Crippen molar-refractivity contribution >= 4 is 21.4 Å². The molecule has 2 aromatic rings. The number of benzene rings is 1. The Morgan fingerprint density at radius 2 is 2.20 bits per heavy atom. The largest absolute Gasteiger partial charge is 0.392 e. The highest BCUT2D eigenvalue weighted by molar-refractivity contribution is 7.89. The number of aliphatic hydroxyl groups excluding tert-OH is 1. The molecule has 2 N–H and O–H groups in total. The zero-order valence-corrected chi connectivity index (χ0v) is 12.3. The first-order valence-corrected chi connectivity index (χ1v) is 8.02. The maximum Gasteiger partial charge on any atom is 0.241 e. The van der Waals surface area contributed by atoms with Crippen molar-refractivity contribution in [3.8, 4) is 0 Å². The average molecular weight is 316 g/mol. The van der Waals surface area contributed by atoms with Crippen molar-refractivity contribution in [1.29, 1.82) is 0 Å². The summed E-state index contributed by atoms with van der Waals surface area (Å²) in [6.45, 7) is 1.42. The first kappa shape index (κ1) is 15.0. The van der Waals surface area contributed by atoms with Gasteiger partial charge in [0, 0.05) is 11.1 Å². The highest BCUT2D eigenvalue weighted by atomic mass is 32.2. The maximum absolute atomic E-state index is 13.2. The summed E-state index contributed by atoms with van der Waals surface area (Å²) in [4.78, 5) is 4.76.